The van der Waals surface area contributed by atoms with Crippen LogP contribution >= 0.6 is 23.2 Å². The van der Waals surface area contributed by atoms with E-state index in [1.54, 1.807) is 6.92 Å². The van der Waals surface area contributed by atoms with Crippen LogP contribution in [0.15, 0.2) is 54.2 Å². The van der Waals surface area contributed by atoms with Gasteiger partial charge >= 0.3 is 0 Å². The highest BCUT2D eigenvalue weighted by molar-refractivity contribution is 6.33. The van der Waals surface area contributed by atoms with Gasteiger partial charge < -0.3 is 14.5 Å². The molecule has 1 fully saturated rings. The second-order valence-electron chi connectivity index (χ2n) is 8.41. The monoisotopic (exact) mass is 474 g/mol. The number of allylic oxidation sites excluding steroid dienone is 1. The van der Waals surface area contributed by atoms with Crippen molar-refractivity contribution < 1.29 is 9.53 Å². The van der Waals surface area contributed by atoms with Gasteiger partial charge in [-0.25, -0.2) is 0 Å². The average molecular weight is 475 g/mol. The summed E-state index contributed by atoms with van der Waals surface area (Å²) in [5.41, 5.74) is 2.80. The van der Waals surface area contributed by atoms with Crippen LogP contribution in [-0.4, -0.2) is 43.0 Å². The lowest BCUT2D eigenvalue weighted by molar-refractivity contribution is -0.113. The zero-order chi connectivity index (χ0) is 23.1. The van der Waals surface area contributed by atoms with Crippen molar-refractivity contribution in [2.75, 3.05) is 31.1 Å². The first kappa shape index (κ1) is 24.6. The number of Topliss-reactive ketones (excluding diaryl/α,β-unsaturated/α-hetero) is 1. The molecule has 1 saturated heterocycles. The standard InChI is InChI=1S/C26H32Cl2N2O2/c1-19-8-6-10-24(28)26(19)30(18-20(2)21(3)31)15-7-14-29-16-12-22(13-17-29)32-25-11-5-4-9-23(25)27/h4-6,8-11,18,22H,7,12-17H2,1-3H3/b20-18+. The summed E-state index contributed by atoms with van der Waals surface area (Å²) in [6.07, 6.45) is 5.08. The van der Waals surface area contributed by atoms with Gasteiger partial charge in [0.25, 0.3) is 0 Å². The minimum atomic E-state index is 0.0697. The molecule has 0 unspecified atom stereocenters. The van der Waals surface area contributed by atoms with Crippen molar-refractivity contribution in [1.29, 1.82) is 0 Å². The van der Waals surface area contributed by atoms with Crippen molar-refractivity contribution in [3.63, 3.8) is 0 Å². The summed E-state index contributed by atoms with van der Waals surface area (Å²) in [7, 11) is 0. The molecule has 0 radical (unpaired) electrons. The quantitative estimate of drug-likeness (QED) is 0.386. The fraction of sp³-hybridized carbons (Fsp3) is 0.423. The Labute approximate surface area is 201 Å². The number of nitrogens with zero attached hydrogens (tertiary/aromatic N) is 2. The maximum atomic E-state index is 11.8. The topological polar surface area (TPSA) is 32.8 Å². The molecule has 0 N–H and O–H groups in total. The Bertz CT molecular complexity index is 932. The minimum absolute atomic E-state index is 0.0697. The summed E-state index contributed by atoms with van der Waals surface area (Å²) >= 11 is 12.7. The van der Waals surface area contributed by atoms with Crippen molar-refractivity contribution in [2.24, 2.45) is 0 Å². The number of hydrogen-bond acceptors (Lipinski definition) is 4. The van der Waals surface area contributed by atoms with E-state index in [2.05, 4.69) is 22.8 Å². The maximum Gasteiger partial charge on any atom is 0.156 e. The second-order valence-corrected chi connectivity index (χ2v) is 9.22. The van der Waals surface area contributed by atoms with E-state index in [-0.39, 0.29) is 11.9 Å². The number of ether oxygens (including phenoxy) is 1. The predicted molar refractivity (Wildman–Crippen MR) is 134 cm³/mol. The normalized spacial score (nSPS) is 15.6. The molecule has 2 aromatic carbocycles. The number of ketones is 1. The lowest BCUT2D eigenvalue weighted by atomic mass is 10.1. The summed E-state index contributed by atoms with van der Waals surface area (Å²) in [6.45, 7) is 9.29. The number of likely N-dealkylation sites (tertiary alicyclic amines) is 1. The number of hydrogen-bond donors (Lipinski definition) is 0. The number of para-hydroxylation sites is 2. The van der Waals surface area contributed by atoms with Crippen molar-refractivity contribution in [3.05, 3.63) is 69.8 Å². The Kier molecular flexibility index (Phi) is 9.03. The number of aryl methyl sites for hydroxylation is 1. The van der Waals surface area contributed by atoms with E-state index in [1.165, 1.54) is 0 Å². The number of carbonyl (C=O) groups excluding carboxylic acids is 1. The molecule has 6 heteroatoms. The molecule has 32 heavy (non-hydrogen) atoms. The number of piperidine rings is 1. The summed E-state index contributed by atoms with van der Waals surface area (Å²) in [5.74, 6) is 0.839. The van der Waals surface area contributed by atoms with Crippen LogP contribution in [0.2, 0.25) is 10.0 Å². The van der Waals surface area contributed by atoms with Crippen molar-refractivity contribution >= 4 is 34.7 Å². The molecule has 0 bridgehead atoms. The van der Waals surface area contributed by atoms with E-state index in [0.29, 0.717) is 10.0 Å². The van der Waals surface area contributed by atoms with Gasteiger partial charge in [0, 0.05) is 31.4 Å². The number of benzene rings is 2. The van der Waals surface area contributed by atoms with Crippen LogP contribution in [-0.2, 0) is 4.79 Å². The summed E-state index contributed by atoms with van der Waals surface area (Å²) in [4.78, 5) is 16.4. The van der Waals surface area contributed by atoms with Crippen LogP contribution in [0.5, 0.6) is 5.75 Å². The number of carbonyl (C=O) groups is 1. The van der Waals surface area contributed by atoms with Gasteiger partial charge in [0.05, 0.1) is 15.7 Å². The first-order valence-corrected chi connectivity index (χ1v) is 12.0. The maximum absolute atomic E-state index is 11.8. The van der Waals surface area contributed by atoms with Gasteiger partial charge in [-0.05, 0) is 70.3 Å². The lowest BCUT2D eigenvalue weighted by Crippen LogP contribution is -2.39. The van der Waals surface area contributed by atoms with Crippen LogP contribution in [0.25, 0.3) is 0 Å². The summed E-state index contributed by atoms with van der Waals surface area (Å²) in [5, 5.41) is 1.37. The first-order valence-electron chi connectivity index (χ1n) is 11.2. The molecule has 1 heterocycles. The van der Waals surface area contributed by atoms with Gasteiger partial charge in [-0.3, -0.25) is 4.79 Å². The Morgan fingerprint density at radius 2 is 1.78 bits per heavy atom. The van der Waals surface area contributed by atoms with Crippen LogP contribution in [0.1, 0.15) is 38.7 Å². The number of anilines is 1. The van der Waals surface area contributed by atoms with E-state index in [1.807, 2.05) is 49.5 Å². The van der Waals surface area contributed by atoms with Crippen LogP contribution in [0, 0.1) is 6.92 Å². The number of halogens is 2. The Balaban J connectivity index is 1.54. The molecule has 1 aliphatic rings. The van der Waals surface area contributed by atoms with Gasteiger partial charge in [0.1, 0.15) is 11.9 Å². The molecule has 0 atom stereocenters. The molecule has 2 aromatic rings. The average Bonchev–Trinajstić information content (AvgIpc) is 2.76. The fourth-order valence-electron chi connectivity index (χ4n) is 3.99. The van der Waals surface area contributed by atoms with Gasteiger partial charge in [0.15, 0.2) is 5.78 Å². The van der Waals surface area contributed by atoms with E-state index in [0.717, 1.165) is 68.0 Å². The van der Waals surface area contributed by atoms with Crippen LogP contribution < -0.4 is 9.64 Å². The third-order valence-electron chi connectivity index (χ3n) is 5.92. The van der Waals surface area contributed by atoms with E-state index < -0.39 is 0 Å². The lowest BCUT2D eigenvalue weighted by Gasteiger charge is -2.33. The predicted octanol–water partition coefficient (Wildman–Crippen LogP) is 6.53. The third-order valence-corrected chi connectivity index (χ3v) is 6.54. The highest BCUT2D eigenvalue weighted by Crippen LogP contribution is 2.31. The molecular weight excluding hydrogens is 443 g/mol. The van der Waals surface area contributed by atoms with E-state index >= 15 is 0 Å². The molecule has 0 amide bonds. The molecule has 172 valence electrons. The van der Waals surface area contributed by atoms with E-state index in [9.17, 15) is 4.79 Å². The molecule has 0 saturated carbocycles. The van der Waals surface area contributed by atoms with Gasteiger partial charge in [-0.2, -0.15) is 0 Å². The van der Waals surface area contributed by atoms with Crippen LogP contribution in [0.4, 0.5) is 5.69 Å². The molecule has 0 spiro atoms. The van der Waals surface area contributed by atoms with Crippen molar-refractivity contribution in [3.8, 4) is 5.75 Å². The van der Waals surface area contributed by atoms with E-state index in [4.69, 9.17) is 27.9 Å². The second kappa shape index (κ2) is 11.7. The van der Waals surface area contributed by atoms with Crippen LogP contribution in [0.3, 0.4) is 0 Å². The summed E-state index contributed by atoms with van der Waals surface area (Å²) in [6, 6.07) is 13.6. The zero-order valence-electron chi connectivity index (χ0n) is 19.1. The minimum Gasteiger partial charge on any atom is -0.489 e. The highest BCUT2D eigenvalue weighted by Gasteiger charge is 2.21. The molecule has 4 nitrogen and oxygen atoms in total. The molecule has 0 aliphatic carbocycles. The molecule has 0 aromatic heterocycles. The highest BCUT2D eigenvalue weighted by atomic mass is 35.5. The first-order chi connectivity index (χ1) is 15.3. The summed E-state index contributed by atoms with van der Waals surface area (Å²) < 4.78 is 6.11. The van der Waals surface area contributed by atoms with Gasteiger partial charge in [-0.1, -0.05) is 47.5 Å². The third kappa shape index (κ3) is 6.74. The Morgan fingerprint density at radius 1 is 1.09 bits per heavy atom. The smallest absolute Gasteiger partial charge is 0.156 e. The van der Waals surface area contributed by atoms with Crippen molar-refractivity contribution in [1.82, 2.24) is 4.90 Å². The Hall–Kier alpha value is -2.01. The van der Waals surface area contributed by atoms with Gasteiger partial charge in [-0.15, -0.1) is 0 Å². The molecule has 3 rings (SSSR count). The van der Waals surface area contributed by atoms with Gasteiger partial charge in [0.2, 0.25) is 0 Å². The fourth-order valence-corrected chi connectivity index (χ4v) is 4.50. The number of rotatable bonds is 9. The largest absolute Gasteiger partial charge is 0.489 e. The molecule has 1 aliphatic heterocycles. The Morgan fingerprint density at radius 3 is 2.44 bits per heavy atom. The van der Waals surface area contributed by atoms with Crippen molar-refractivity contribution in [2.45, 2.75) is 46.1 Å². The SMILES string of the molecule is CC(=O)/C(C)=C/N(CCCN1CCC(Oc2ccccc2Cl)CC1)c1c(C)cccc1Cl. The molecular formula is C26H32Cl2N2O2. The zero-order valence-corrected chi connectivity index (χ0v) is 20.6.